The lowest BCUT2D eigenvalue weighted by molar-refractivity contribution is 0.282. The Morgan fingerprint density at radius 1 is 0.815 bits per heavy atom. The van der Waals surface area contributed by atoms with Crippen LogP contribution in [-0.2, 0) is 11.4 Å². The molecule has 0 spiro atoms. The summed E-state index contributed by atoms with van der Waals surface area (Å²) in [6.45, 7) is -0.542. The summed E-state index contributed by atoms with van der Waals surface area (Å²) < 4.78 is 12.6. The second kappa shape index (κ2) is 9.18. The van der Waals surface area contributed by atoms with Gasteiger partial charge in [-0.3, -0.25) is 0 Å². The van der Waals surface area contributed by atoms with Crippen LogP contribution in [0.1, 0.15) is 22.3 Å². The van der Waals surface area contributed by atoms with Crippen LogP contribution in [0.3, 0.4) is 0 Å². The lowest BCUT2D eigenvalue weighted by atomic mass is 9.83. The first-order chi connectivity index (χ1) is 13.2. The van der Waals surface area contributed by atoms with Crippen molar-refractivity contribution in [1.82, 2.24) is 0 Å². The zero-order valence-electron chi connectivity index (χ0n) is 15.1. The first-order valence-corrected chi connectivity index (χ1v) is 9.96. The van der Waals surface area contributed by atoms with Gasteiger partial charge in [0.05, 0.1) is 11.4 Å². The van der Waals surface area contributed by atoms with E-state index in [0.717, 1.165) is 22.3 Å². The topological polar surface area (TPSA) is 46.2 Å². The maximum atomic E-state index is 13.1. The van der Waals surface area contributed by atoms with Gasteiger partial charge in [0.25, 0.3) is 0 Å². The van der Waals surface area contributed by atoms with Gasteiger partial charge in [0.15, 0.2) is 0 Å². The molecule has 0 saturated heterocycles. The Balaban J connectivity index is 2.20. The molecule has 3 aromatic carbocycles. The standard InChI is InChI=1S/C23H24FNOS/c24-15-22(25)17-27-23(19-7-3-1-4-8-19,20-9-5-2-6-10-20)21-13-11-18(16-26)12-14-21/h1-14,22,26H,15-17,25H2/t22-/m1/s1. The van der Waals surface area contributed by atoms with Crippen LogP contribution in [0.4, 0.5) is 4.39 Å². The van der Waals surface area contributed by atoms with Crippen LogP contribution in [0.2, 0.25) is 0 Å². The third-order valence-corrected chi connectivity index (χ3v) is 6.35. The van der Waals surface area contributed by atoms with Gasteiger partial charge in [0.2, 0.25) is 0 Å². The number of hydrogen-bond donors (Lipinski definition) is 2. The lowest BCUT2D eigenvalue weighted by Crippen LogP contribution is -2.32. The van der Waals surface area contributed by atoms with Gasteiger partial charge in [0.1, 0.15) is 6.67 Å². The Morgan fingerprint density at radius 3 is 1.74 bits per heavy atom. The quantitative estimate of drug-likeness (QED) is 0.565. The summed E-state index contributed by atoms with van der Waals surface area (Å²) >= 11 is 1.65. The molecule has 0 fully saturated rings. The molecule has 3 aromatic rings. The van der Waals surface area contributed by atoms with E-state index in [1.54, 1.807) is 11.8 Å². The Hall–Kier alpha value is -2.14. The van der Waals surface area contributed by atoms with Crippen molar-refractivity contribution in [1.29, 1.82) is 0 Å². The Bertz CT molecular complexity index is 785. The first-order valence-electron chi connectivity index (χ1n) is 8.97. The van der Waals surface area contributed by atoms with Crippen molar-refractivity contribution in [3.05, 3.63) is 107 Å². The molecule has 0 unspecified atom stereocenters. The van der Waals surface area contributed by atoms with Crippen LogP contribution in [0.15, 0.2) is 84.9 Å². The molecular formula is C23H24FNOS. The minimum Gasteiger partial charge on any atom is -0.392 e. The molecule has 0 radical (unpaired) electrons. The molecule has 0 aliphatic heterocycles. The highest BCUT2D eigenvalue weighted by Gasteiger charge is 2.37. The molecule has 0 heterocycles. The van der Waals surface area contributed by atoms with Crippen LogP contribution >= 0.6 is 11.8 Å². The highest BCUT2D eigenvalue weighted by molar-refractivity contribution is 8.00. The van der Waals surface area contributed by atoms with Crippen molar-refractivity contribution < 1.29 is 9.50 Å². The van der Waals surface area contributed by atoms with Gasteiger partial charge in [-0.25, -0.2) is 4.39 Å². The zero-order valence-corrected chi connectivity index (χ0v) is 15.9. The Morgan fingerprint density at radius 2 is 1.30 bits per heavy atom. The SMILES string of the molecule is N[C@H](CF)CSC(c1ccccc1)(c1ccccc1)c1ccc(CO)cc1. The van der Waals surface area contributed by atoms with Gasteiger partial charge in [-0.05, 0) is 22.3 Å². The minimum atomic E-state index is -0.546. The number of benzene rings is 3. The molecule has 0 aromatic heterocycles. The number of thioether (sulfide) groups is 1. The molecule has 0 aliphatic carbocycles. The number of aliphatic hydroxyl groups excluding tert-OH is 1. The maximum Gasteiger partial charge on any atom is 0.105 e. The van der Waals surface area contributed by atoms with E-state index in [4.69, 9.17) is 5.73 Å². The van der Waals surface area contributed by atoms with E-state index in [1.807, 2.05) is 60.7 Å². The number of nitrogens with two attached hydrogens (primary N) is 1. The van der Waals surface area contributed by atoms with Gasteiger partial charge in [-0.2, -0.15) is 0 Å². The molecule has 1 atom stereocenters. The van der Waals surface area contributed by atoms with Crippen LogP contribution in [0.25, 0.3) is 0 Å². The van der Waals surface area contributed by atoms with E-state index in [9.17, 15) is 9.50 Å². The van der Waals surface area contributed by atoms with Crippen molar-refractivity contribution in [2.45, 2.75) is 17.4 Å². The lowest BCUT2D eigenvalue weighted by Gasteiger charge is -2.36. The summed E-state index contributed by atoms with van der Waals surface area (Å²) in [7, 11) is 0. The molecular weight excluding hydrogens is 357 g/mol. The summed E-state index contributed by atoms with van der Waals surface area (Å²) in [5, 5.41) is 9.41. The molecule has 4 heteroatoms. The Kier molecular flexibility index (Phi) is 6.67. The molecule has 0 bridgehead atoms. The van der Waals surface area contributed by atoms with Gasteiger partial charge in [0, 0.05) is 11.8 Å². The monoisotopic (exact) mass is 381 g/mol. The molecule has 3 rings (SSSR count). The number of aliphatic hydroxyl groups is 1. The summed E-state index contributed by atoms with van der Waals surface area (Å²) in [6, 6.07) is 27.9. The average molecular weight is 382 g/mol. The smallest absolute Gasteiger partial charge is 0.105 e. The second-order valence-corrected chi connectivity index (χ2v) is 7.73. The van der Waals surface area contributed by atoms with Crippen molar-refractivity contribution in [3.8, 4) is 0 Å². The number of hydrogen-bond acceptors (Lipinski definition) is 3. The van der Waals surface area contributed by atoms with Gasteiger partial charge >= 0.3 is 0 Å². The van der Waals surface area contributed by atoms with E-state index in [-0.39, 0.29) is 6.61 Å². The summed E-state index contributed by atoms with van der Waals surface area (Å²) in [5.41, 5.74) is 10.1. The summed E-state index contributed by atoms with van der Waals surface area (Å²) in [6.07, 6.45) is 0. The summed E-state index contributed by atoms with van der Waals surface area (Å²) in [4.78, 5) is 0. The first kappa shape index (κ1) is 19.6. The fourth-order valence-electron chi connectivity index (χ4n) is 3.22. The predicted molar refractivity (Wildman–Crippen MR) is 112 cm³/mol. The van der Waals surface area contributed by atoms with Gasteiger partial charge in [-0.1, -0.05) is 84.9 Å². The van der Waals surface area contributed by atoms with Crippen molar-refractivity contribution in [2.75, 3.05) is 12.4 Å². The molecule has 140 valence electrons. The molecule has 0 saturated carbocycles. The van der Waals surface area contributed by atoms with Gasteiger partial charge in [-0.15, -0.1) is 11.8 Å². The highest BCUT2D eigenvalue weighted by Crippen LogP contribution is 2.48. The van der Waals surface area contributed by atoms with E-state index in [0.29, 0.717) is 5.75 Å². The fourth-order valence-corrected chi connectivity index (χ4v) is 4.68. The Labute approximate surface area is 164 Å². The van der Waals surface area contributed by atoms with E-state index >= 15 is 0 Å². The average Bonchev–Trinajstić information content (AvgIpc) is 2.76. The second-order valence-electron chi connectivity index (χ2n) is 6.49. The van der Waals surface area contributed by atoms with E-state index < -0.39 is 17.5 Å². The molecule has 27 heavy (non-hydrogen) atoms. The third kappa shape index (κ3) is 4.24. The van der Waals surface area contributed by atoms with Gasteiger partial charge < -0.3 is 10.8 Å². The number of halogens is 1. The zero-order chi connectivity index (χ0) is 19.1. The largest absolute Gasteiger partial charge is 0.392 e. The molecule has 0 amide bonds. The van der Waals surface area contributed by atoms with Crippen molar-refractivity contribution >= 4 is 11.8 Å². The fraction of sp³-hybridized carbons (Fsp3) is 0.217. The third-order valence-electron chi connectivity index (χ3n) is 4.62. The van der Waals surface area contributed by atoms with Crippen LogP contribution in [0.5, 0.6) is 0 Å². The van der Waals surface area contributed by atoms with E-state index in [1.165, 1.54) is 0 Å². The van der Waals surface area contributed by atoms with Crippen LogP contribution < -0.4 is 5.73 Å². The molecule has 0 aliphatic rings. The predicted octanol–water partition coefficient (Wildman–Crippen LogP) is 4.50. The number of alkyl halides is 1. The molecule has 2 nitrogen and oxygen atoms in total. The van der Waals surface area contributed by atoms with E-state index in [2.05, 4.69) is 24.3 Å². The van der Waals surface area contributed by atoms with Crippen LogP contribution in [0, 0.1) is 0 Å². The van der Waals surface area contributed by atoms with Crippen LogP contribution in [-0.4, -0.2) is 23.6 Å². The van der Waals surface area contributed by atoms with Crippen molar-refractivity contribution in [3.63, 3.8) is 0 Å². The number of rotatable bonds is 8. The van der Waals surface area contributed by atoms with Crippen molar-refractivity contribution in [2.24, 2.45) is 5.73 Å². The minimum absolute atomic E-state index is 0.00379. The molecule has 3 N–H and O–H groups in total. The highest BCUT2D eigenvalue weighted by atomic mass is 32.2. The summed E-state index contributed by atoms with van der Waals surface area (Å²) in [5.74, 6) is 0.488. The normalized spacial score (nSPS) is 12.7. The maximum absolute atomic E-state index is 13.1.